The number of aryl methyl sites for hydroxylation is 1. The molecule has 1 aliphatic rings. The average molecular weight is 498 g/mol. The Morgan fingerprint density at radius 3 is 2.71 bits per heavy atom. The molecule has 1 aromatic carbocycles. The predicted octanol–water partition coefficient (Wildman–Crippen LogP) is 3.25. The molecule has 0 fully saturated rings. The van der Waals surface area contributed by atoms with Crippen molar-refractivity contribution >= 4 is 40.1 Å². The molecule has 0 radical (unpaired) electrons. The number of hydrogen-bond donors (Lipinski definition) is 2. The molecule has 0 unspecified atom stereocenters. The fraction of sp³-hybridized carbons (Fsp3) is 0.261. The van der Waals surface area contributed by atoms with Gasteiger partial charge in [0.05, 0.1) is 34.9 Å². The molecule has 4 heterocycles. The Hall–Kier alpha value is -3.99. The second-order valence-corrected chi connectivity index (χ2v) is 8.89. The molecule has 0 aliphatic carbocycles. The number of halogens is 2. The lowest BCUT2D eigenvalue weighted by atomic mass is 10.0. The highest BCUT2D eigenvalue weighted by Crippen LogP contribution is 2.31. The largest absolute Gasteiger partial charge is 0.476 e. The monoisotopic (exact) mass is 497 g/mol. The van der Waals surface area contributed by atoms with Crippen LogP contribution in [0.1, 0.15) is 40.3 Å². The van der Waals surface area contributed by atoms with Gasteiger partial charge in [-0.15, -0.1) is 0 Å². The highest BCUT2D eigenvalue weighted by molar-refractivity contribution is 6.29. The van der Waals surface area contributed by atoms with Crippen molar-refractivity contribution < 1.29 is 14.3 Å². The number of nitrogens with one attached hydrogen (secondary N) is 1. The summed E-state index contributed by atoms with van der Waals surface area (Å²) in [4.78, 5) is 35.4. The lowest BCUT2D eigenvalue weighted by Crippen LogP contribution is -2.29. The molecule has 5 rings (SSSR count). The van der Waals surface area contributed by atoms with E-state index in [1.165, 1.54) is 22.8 Å². The highest BCUT2D eigenvalue weighted by Gasteiger charge is 2.27. The van der Waals surface area contributed by atoms with E-state index >= 15 is 0 Å². The number of anilines is 2. The first kappa shape index (κ1) is 22.8. The van der Waals surface area contributed by atoms with Crippen LogP contribution in [0, 0.1) is 5.82 Å². The molecule has 0 amide bonds. The summed E-state index contributed by atoms with van der Waals surface area (Å²) in [6, 6.07) is 4.79. The van der Waals surface area contributed by atoms with Crippen molar-refractivity contribution in [2.24, 2.45) is 14.1 Å². The minimum absolute atomic E-state index is 0.0351. The molecule has 10 nitrogen and oxygen atoms in total. The van der Waals surface area contributed by atoms with E-state index in [1.807, 2.05) is 18.1 Å². The first-order valence-electron chi connectivity index (χ1n) is 10.7. The van der Waals surface area contributed by atoms with Crippen LogP contribution < -0.4 is 15.8 Å². The molecule has 1 atom stereocenters. The molecule has 0 bridgehead atoms. The summed E-state index contributed by atoms with van der Waals surface area (Å²) in [5.74, 6) is -1.43. The Morgan fingerprint density at radius 2 is 2.00 bits per heavy atom. The fourth-order valence-corrected chi connectivity index (χ4v) is 4.57. The van der Waals surface area contributed by atoms with Crippen LogP contribution in [-0.2, 0) is 27.2 Å². The molecule has 0 spiro atoms. The van der Waals surface area contributed by atoms with Gasteiger partial charge in [0, 0.05) is 38.0 Å². The van der Waals surface area contributed by atoms with Gasteiger partial charge in [0.1, 0.15) is 11.0 Å². The van der Waals surface area contributed by atoms with E-state index in [-0.39, 0.29) is 27.5 Å². The van der Waals surface area contributed by atoms with Crippen molar-refractivity contribution in [3.05, 3.63) is 74.3 Å². The van der Waals surface area contributed by atoms with Crippen molar-refractivity contribution in [2.75, 3.05) is 10.2 Å². The normalized spacial score (nSPS) is 13.8. The smallest absolute Gasteiger partial charge is 0.356 e. The van der Waals surface area contributed by atoms with Crippen molar-refractivity contribution in [1.29, 1.82) is 0 Å². The standard InChI is InChI=1S/C23H21ClFN7O3/c1-11(26-16-4-5-18(24)27-20(16)22(34)35)14-6-13(25)7-15-19(14)28-23(31(3)21(15)33)32-9-12-8-30(2)29-17(12)10-32/h4-8,11,26H,9-10H2,1-3H3,(H,34,35)/t11-/m1/s1. The second-order valence-electron chi connectivity index (χ2n) is 8.50. The summed E-state index contributed by atoms with van der Waals surface area (Å²) in [7, 11) is 3.46. The predicted molar refractivity (Wildman–Crippen MR) is 128 cm³/mol. The minimum atomic E-state index is -1.26. The SMILES string of the molecule is C[C@@H](Nc1ccc(Cl)nc1C(=O)O)c1cc(F)cc2c(=O)n(C)c(N3Cc4cn(C)nc4C3)nc12. The average Bonchev–Trinajstić information content (AvgIpc) is 3.34. The first-order chi connectivity index (χ1) is 16.6. The molecule has 3 aromatic heterocycles. The molecule has 0 saturated heterocycles. The summed E-state index contributed by atoms with van der Waals surface area (Å²) in [5.41, 5.74) is 2.24. The summed E-state index contributed by atoms with van der Waals surface area (Å²) >= 11 is 5.85. The maximum absolute atomic E-state index is 14.6. The Kier molecular flexibility index (Phi) is 5.43. The number of hydrogen-bond acceptors (Lipinski definition) is 7. The molecule has 1 aliphatic heterocycles. The number of benzene rings is 1. The van der Waals surface area contributed by atoms with E-state index in [0.29, 0.717) is 30.1 Å². The zero-order valence-corrected chi connectivity index (χ0v) is 19.8. The van der Waals surface area contributed by atoms with Gasteiger partial charge in [0.2, 0.25) is 5.95 Å². The van der Waals surface area contributed by atoms with E-state index in [2.05, 4.69) is 15.4 Å². The first-order valence-corrected chi connectivity index (χ1v) is 11.1. The van der Waals surface area contributed by atoms with Gasteiger partial charge in [-0.3, -0.25) is 14.0 Å². The topological polar surface area (TPSA) is 118 Å². The lowest BCUT2D eigenvalue weighted by molar-refractivity contribution is 0.0691. The van der Waals surface area contributed by atoms with Crippen molar-refractivity contribution in [3.8, 4) is 0 Å². The van der Waals surface area contributed by atoms with Crippen molar-refractivity contribution in [2.45, 2.75) is 26.1 Å². The van der Waals surface area contributed by atoms with E-state index in [0.717, 1.165) is 17.3 Å². The molecule has 2 N–H and O–H groups in total. The van der Waals surface area contributed by atoms with E-state index in [1.54, 1.807) is 18.7 Å². The lowest BCUT2D eigenvalue weighted by Gasteiger charge is -2.22. The Morgan fingerprint density at radius 1 is 1.23 bits per heavy atom. The van der Waals surface area contributed by atoms with Crippen molar-refractivity contribution in [3.63, 3.8) is 0 Å². The third-order valence-corrected chi connectivity index (χ3v) is 6.24. The molecular weight excluding hydrogens is 477 g/mol. The van der Waals surface area contributed by atoms with Gasteiger partial charge in [-0.2, -0.15) is 5.10 Å². The van der Waals surface area contributed by atoms with Crippen LogP contribution >= 0.6 is 11.6 Å². The Bertz CT molecular complexity index is 1540. The van der Waals surface area contributed by atoms with E-state index in [4.69, 9.17) is 16.6 Å². The summed E-state index contributed by atoms with van der Waals surface area (Å²) < 4.78 is 17.8. The van der Waals surface area contributed by atoms with Gasteiger partial charge >= 0.3 is 5.97 Å². The van der Waals surface area contributed by atoms with E-state index in [9.17, 15) is 19.1 Å². The number of carbonyl (C=O) groups is 1. The van der Waals surface area contributed by atoms with E-state index < -0.39 is 17.8 Å². The van der Waals surface area contributed by atoms with Gasteiger partial charge in [-0.05, 0) is 31.2 Å². The number of nitrogens with zero attached hydrogens (tertiary/aromatic N) is 6. The van der Waals surface area contributed by atoms with Gasteiger partial charge in [-0.1, -0.05) is 11.6 Å². The third kappa shape index (κ3) is 3.97. The maximum Gasteiger partial charge on any atom is 0.356 e. The minimum Gasteiger partial charge on any atom is -0.476 e. The van der Waals surface area contributed by atoms with Crippen LogP contribution in [0.5, 0.6) is 0 Å². The van der Waals surface area contributed by atoms with Crippen LogP contribution in [0.25, 0.3) is 10.9 Å². The second kappa shape index (κ2) is 8.35. The number of rotatable bonds is 5. The van der Waals surface area contributed by atoms with Gasteiger partial charge < -0.3 is 15.3 Å². The Labute approximate surface area is 203 Å². The maximum atomic E-state index is 14.6. The van der Waals surface area contributed by atoms with Crippen molar-refractivity contribution in [1.82, 2.24) is 24.3 Å². The van der Waals surface area contributed by atoms with Crippen LogP contribution in [0.2, 0.25) is 5.15 Å². The molecule has 12 heteroatoms. The molecule has 4 aromatic rings. The number of fused-ring (bicyclic) bond motifs is 2. The fourth-order valence-electron chi connectivity index (χ4n) is 4.43. The third-order valence-electron chi connectivity index (χ3n) is 6.03. The van der Waals surface area contributed by atoms with Gasteiger partial charge in [-0.25, -0.2) is 19.2 Å². The summed E-state index contributed by atoms with van der Waals surface area (Å²) in [6.07, 6.45) is 1.93. The quantitative estimate of drug-likeness (QED) is 0.403. The zero-order chi connectivity index (χ0) is 25.0. The van der Waals surface area contributed by atoms with Gasteiger partial charge in [0.15, 0.2) is 5.69 Å². The number of pyridine rings is 1. The Balaban J connectivity index is 1.59. The van der Waals surface area contributed by atoms with Crippen LogP contribution in [0.3, 0.4) is 0 Å². The number of aromatic nitrogens is 5. The summed E-state index contributed by atoms with van der Waals surface area (Å²) in [5, 5.41) is 17.2. The zero-order valence-electron chi connectivity index (χ0n) is 19.1. The summed E-state index contributed by atoms with van der Waals surface area (Å²) in [6.45, 7) is 2.76. The van der Waals surface area contributed by atoms with Gasteiger partial charge in [0.25, 0.3) is 5.56 Å². The van der Waals surface area contributed by atoms with Crippen LogP contribution in [0.15, 0.2) is 35.3 Å². The molecule has 180 valence electrons. The van der Waals surface area contributed by atoms with Crippen LogP contribution in [-0.4, -0.2) is 35.4 Å². The number of aromatic carboxylic acids is 1. The number of carboxylic acids is 1. The molecule has 0 saturated carbocycles. The van der Waals surface area contributed by atoms with Crippen LogP contribution in [0.4, 0.5) is 16.0 Å². The highest BCUT2D eigenvalue weighted by atomic mass is 35.5. The number of carboxylic acid groups (broad SMARTS) is 1. The molecule has 35 heavy (non-hydrogen) atoms. The molecular formula is C23H21ClFN7O3.